The summed E-state index contributed by atoms with van der Waals surface area (Å²) in [7, 11) is 0.615. The van der Waals surface area contributed by atoms with Crippen LogP contribution in [0.15, 0.2) is 0 Å². The van der Waals surface area contributed by atoms with Gasteiger partial charge in [-0.1, -0.05) is 20.8 Å². The number of unbranched alkanes of at least 4 members (excludes halogenated alkanes) is 1. The fraction of sp³-hybridized carbons (Fsp3) is 0.933. The van der Waals surface area contributed by atoms with E-state index in [2.05, 4.69) is 19.4 Å². The molecule has 134 valence electrons. The fourth-order valence-corrected chi connectivity index (χ4v) is 2.63. The summed E-state index contributed by atoms with van der Waals surface area (Å²) in [6, 6.07) is 0. The summed E-state index contributed by atoms with van der Waals surface area (Å²) in [6.45, 7) is 8.39. The number of rotatable bonds is 11. The van der Waals surface area contributed by atoms with E-state index in [-0.39, 0.29) is 17.1 Å². The van der Waals surface area contributed by atoms with Crippen LogP contribution in [-0.2, 0) is 4.79 Å². The van der Waals surface area contributed by atoms with Gasteiger partial charge < -0.3 is 23.5 Å². The van der Waals surface area contributed by atoms with E-state index in [0.717, 1.165) is 36.8 Å². The van der Waals surface area contributed by atoms with Crippen LogP contribution in [0.4, 0.5) is 0 Å². The molecule has 0 aliphatic heterocycles. The van der Waals surface area contributed by atoms with Crippen LogP contribution >= 0.6 is 10.9 Å². The summed E-state index contributed by atoms with van der Waals surface area (Å²) >= 11 is 0. The third kappa shape index (κ3) is 10.4. The molecule has 0 aromatic heterocycles. The number of amides is 1. The van der Waals surface area contributed by atoms with Gasteiger partial charge in [0.25, 0.3) is 0 Å². The summed E-state index contributed by atoms with van der Waals surface area (Å²) in [5.41, 5.74) is -0.313. The summed E-state index contributed by atoms with van der Waals surface area (Å²) in [5, 5.41) is 2.98. The average Bonchev–Trinajstić information content (AvgIpc) is 2.38. The van der Waals surface area contributed by atoms with Crippen LogP contribution in [0.5, 0.6) is 0 Å². The first-order valence-corrected chi connectivity index (χ1v) is 9.61. The minimum absolute atomic E-state index is 0.0604. The molecule has 0 saturated heterocycles. The SMILES string of the molecule is CCC(C)(C)C(=O)NCCC[N+](C)(C)CCCCS([O-])(O)O. The van der Waals surface area contributed by atoms with Gasteiger partial charge in [-0.25, -0.2) is 0 Å². The van der Waals surface area contributed by atoms with Gasteiger partial charge in [0, 0.05) is 24.1 Å². The van der Waals surface area contributed by atoms with Gasteiger partial charge in [0.05, 0.1) is 27.2 Å². The van der Waals surface area contributed by atoms with Crippen molar-refractivity contribution in [2.45, 2.75) is 46.5 Å². The van der Waals surface area contributed by atoms with Crippen LogP contribution in [0.3, 0.4) is 0 Å². The first-order chi connectivity index (χ1) is 9.90. The Labute approximate surface area is 137 Å². The molecular weight excluding hydrogens is 304 g/mol. The zero-order chi connectivity index (χ0) is 17.4. The van der Waals surface area contributed by atoms with Gasteiger partial charge in [0.2, 0.25) is 5.91 Å². The Kier molecular flexibility index (Phi) is 8.94. The van der Waals surface area contributed by atoms with E-state index in [9.17, 15) is 9.35 Å². The fourth-order valence-electron chi connectivity index (χ4n) is 2.05. The Morgan fingerprint density at radius 1 is 1.18 bits per heavy atom. The first-order valence-electron chi connectivity index (χ1n) is 7.97. The summed E-state index contributed by atoms with van der Waals surface area (Å²) < 4.78 is 29.1. The maximum absolute atomic E-state index is 11.9. The summed E-state index contributed by atoms with van der Waals surface area (Å²) in [6.07, 6.45) is 3.05. The molecule has 0 aliphatic rings. The molecule has 0 heterocycles. The van der Waals surface area contributed by atoms with E-state index in [1.807, 2.05) is 20.8 Å². The Hall–Kier alpha value is -0.340. The molecule has 0 bridgehead atoms. The van der Waals surface area contributed by atoms with Crippen LogP contribution < -0.4 is 5.32 Å². The highest BCUT2D eigenvalue weighted by atomic mass is 32.3. The predicted octanol–water partition coefficient (Wildman–Crippen LogP) is 2.67. The molecule has 22 heavy (non-hydrogen) atoms. The highest BCUT2D eigenvalue weighted by molar-refractivity contribution is 8.19. The second kappa shape index (κ2) is 9.08. The lowest BCUT2D eigenvalue weighted by molar-refractivity contribution is -0.890. The van der Waals surface area contributed by atoms with Crippen molar-refractivity contribution in [2.24, 2.45) is 5.41 Å². The molecule has 0 aromatic rings. The van der Waals surface area contributed by atoms with Crippen LogP contribution in [0.2, 0.25) is 0 Å². The van der Waals surface area contributed by atoms with E-state index < -0.39 is 10.9 Å². The summed E-state index contributed by atoms with van der Waals surface area (Å²) in [4.78, 5) is 11.9. The van der Waals surface area contributed by atoms with Crippen molar-refractivity contribution >= 4 is 16.8 Å². The highest BCUT2D eigenvalue weighted by Crippen LogP contribution is 2.33. The van der Waals surface area contributed by atoms with Gasteiger partial charge >= 0.3 is 0 Å². The van der Waals surface area contributed by atoms with Crippen LogP contribution in [0.25, 0.3) is 0 Å². The molecule has 0 unspecified atom stereocenters. The molecule has 1 amide bonds. The maximum Gasteiger partial charge on any atom is 0.225 e. The maximum atomic E-state index is 11.9. The smallest absolute Gasteiger partial charge is 0.225 e. The van der Waals surface area contributed by atoms with Crippen LogP contribution in [-0.4, -0.2) is 63.5 Å². The number of hydrogen-bond acceptors (Lipinski definition) is 4. The number of carbonyl (C=O) groups is 1. The average molecular weight is 339 g/mol. The van der Waals surface area contributed by atoms with Crippen molar-refractivity contribution in [2.75, 3.05) is 39.5 Å². The van der Waals surface area contributed by atoms with Gasteiger partial charge in [-0.15, -0.1) is 10.9 Å². The number of hydrogen-bond donors (Lipinski definition) is 3. The minimum Gasteiger partial charge on any atom is -0.773 e. The van der Waals surface area contributed by atoms with Crippen molar-refractivity contribution in [1.82, 2.24) is 5.32 Å². The van der Waals surface area contributed by atoms with E-state index in [1.165, 1.54) is 0 Å². The lowest BCUT2D eigenvalue weighted by Gasteiger charge is -2.34. The predicted molar refractivity (Wildman–Crippen MR) is 91.3 cm³/mol. The Balaban J connectivity index is 3.87. The highest BCUT2D eigenvalue weighted by Gasteiger charge is 2.24. The monoisotopic (exact) mass is 338 g/mol. The molecule has 0 aliphatic carbocycles. The van der Waals surface area contributed by atoms with Crippen molar-refractivity contribution in [3.05, 3.63) is 0 Å². The van der Waals surface area contributed by atoms with E-state index in [0.29, 0.717) is 13.0 Å². The van der Waals surface area contributed by atoms with Gasteiger partial charge in [-0.05, 0) is 19.3 Å². The molecule has 0 fully saturated rings. The molecule has 0 aromatic carbocycles. The Bertz CT molecular complexity index is 341. The van der Waals surface area contributed by atoms with E-state index in [1.54, 1.807) is 0 Å². The molecular formula is C15H34N2O4S. The summed E-state index contributed by atoms with van der Waals surface area (Å²) in [5.74, 6) is 0.0378. The van der Waals surface area contributed by atoms with E-state index >= 15 is 0 Å². The molecule has 3 N–H and O–H groups in total. The van der Waals surface area contributed by atoms with Gasteiger partial charge in [0.1, 0.15) is 0 Å². The zero-order valence-electron chi connectivity index (χ0n) is 14.7. The minimum atomic E-state index is -3.59. The second-order valence-electron chi connectivity index (χ2n) is 7.25. The molecule has 0 saturated carbocycles. The number of quaternary nitrogens is 1. The normalized spacial score (nSPS) is 14.0. The zero-order valence-corrected chi connectivity index (χ0v) is 15.5. The van der Waals surface area contributed by atoms with Crippen molar-refractivity contribution in [1.29, 1.82) is 0 Å². The third-order valence-corrected chi connectivity index (χ3v) is 4.97. The van der Waals surface area contributed by atoms with Gasteiger partial charge in [0.15, 0.2) is 0 Å². The van der Waals surface area contributed by atoms with Crippen molar-refractivity contribution < 1.29 is 22.9 Å². The van der Waals surface area contributed by atoms with Gasteiger partial charge in [-0.3, -0.25) is 4.79 Å². The molecule has 0 spiro atoms. The number of nitrogens with one attached hydrogen (secondary N) is 1. The molecule has 6 nitrogen and oxygen atoms in total. The largest absolute Gasteiger partial charge is 0.773 e. The second-order valence-corrected chi connectivity index (χ2v) is 8.87. The van der Waals surface area contributed by atoms with E-state index in [4.69, 9.17) is 9.11 Å². The standard InChI is InChI=1S/C15H34N2O4S/c1-6-15(2,3)14(18)16-10-9-12-17(4,5)11-7-8-13-22(19,20)21/h6-13H2,1-5H3,(H3-,16,18,19,20,21). The van der Waals surface area contributed by atoms with Crippen molar-refractivity contribution in [3.8, 4) is 0 Å². The Morgan fingerprint density at radius 3 is 2.23 bits per heavy atom. The molecule has 0 radical (unpaired) electrons. The lowest BCUT2D eigenvalue weighted by atomic mass is 9.89. The molecule has 0 atom stereocenters. The number of carbonyl (C=O) groups excluding carboxylic acids is 1. The van der Waals surface area contributed by atoms with Crippen molar-refractivity contribution in [3.63, 3.8) is 0 Å². The lowest BCUT2D eigenvalue weighted by Crippen LogP contribution is -2.43. The topological polar surface area (TPSA) is 92.6 Å². The number of nitrogens with zero attached hydrogens (tertiary/aromatic N) is 1. The van der Waals surface area contributed by atoms with Crippen LogP contribution in [0.1, 0.15) is 46.5 Å². The first kappa shape index (κ1) is 21.7. The third-order valence-electron chi connectivity index (χ3n) is 4.15. The molecule has 7 heteroatoms. The quantitative estimate of drug-likeness (QED) is 0.399. The Morgan fingerprint density at radius 2 is 1.73 bits per heavy atom. The molecule has 0 rings (SSSR count). The van der Waals surface area contributed by atoms with Crippen LogP contribution in [0, 0.1) is 5.41 Å². The van der Waals surface area contributed by atoms with Gasteiger partial charge in [-0.2, -0.15) is 0 Å².